The van der Waals surface area contributed by atoms with Gasteiger partial charge >= 0.3 is 0 Å². The number of rotatable bonds is 4. The van der Waals surface area contributed by atoms with Crippen molar-refractivity contribution < 1.29 is 19.1 Å². The van der Waals surface area contributed by atoms with Gasteiger partial charge in [-0.15, -0.1) is 0 Å². The number of ketones is 2. The Morgan fingerprint density at radius 1 is 0.974 bits per heavy atom. The minimum absolute atomic E-state index is 0.0782. The molecule has 1 saturated heterocycles. The quantitative estimate of drug-likeness (QED) is 0.449. The third kappa shape index (κ3) is 3.43. The summed E-state index contributed by atoms with van der Waals surface area (Å²) in [5.74, 6) is -1.01. The summed E-state index contributed by atoms with van der Waals surface area (Å²) in [5.41, 5.74) is 2.65. The van der Waals surface area contributed by atoms with Gasteiger partial charge in [0.25, 0.3) is 0 Å². The van der Waals surface area contributed by atoms with Crippen molar-refractivity contribution in [1.82, 2.24) is 0 Å². The highest BCUT2D eigenvalue weighted by molar-refractivity contribution is 6.17. The van der Waals surface area contributed by atoms with Crippen molar-refractivity contribution in [2.24, 2.45) is 11.3 Å². The van der Waals surface area contributed by atoms with E-state index in [0.29, 0.717) is 17.0 Å². The summed E-state index contributed by atoms with van der Waals surface area (Å²) in [4.78, 5) is 45.7. The number of ether oxygens (including phenoxy) is 1. The number of benzene rings is 3. The van der Waals surface area contributed by atoms with E-state index >= 15 is 0 Å². The molecule has 3 heterocycles. The van der Waals surface area contributed by atoms with Crippen LogP contribution < -0.4 is 15.0 Å². The minimum Gasteiger partial charge on any atom is -0.497 e. The van der Waals surface area contributed by atoms with Gasteiger partial charge in [-0.1, -0.05) is 75.4 Å². The second kappa shape index (κ2) is 8.67. The zero-order chi connectivity index (χ0) is 27.7. The lowest BCUT2D eigenvalue weighted by Gasteiger charge is -2.39. The maximum atomic E-state index is 14.8. The summed E-state index contributed by atoms with van der Waals surface area (Å²) in [6, 6.07) is 21.1. The number of nitrogens with zero attached hydrogens (tertiary/aromatic N) is 1. The van der Waals surface area contributed by atoms with Gasteiger partial charge in [0.1, 0.15) is 17.2 Å². The molecule has 4 atom stereocenters. The van der Waals surface area contributed by atoms with Gasteiger partial charge in [0.05, 0.1) is 19.1 Å². The molecule has 0 aliphatic carbocycles. The van der Waals surface area contributed by atoms with Crippen LogP contribution in [0.3, 0.4) is 0 Å². The number of hydrogen-bond acceptors (Lipinski definition) is 5. The van der Waals surface area contributed by atoms with E-state index in [1.807, 2.05) is 76.2 Å². The van der Waals surface area contributed by atoms with Crippen LogP contribution >= 0.6 is 0 Å². The van der Waals surface area contributed by atoms with Crippen LogP contribution in [0.4, 0.5) is 11.4 Å². The van der Waals surface area contributed by atoms with Gasteiger partial charge in [0, 0.05) is 27.9 Å². The molecule has 0 saturated carbocycles. The Kier molecular flexibility index (Phi) is 5.58. The van der Waals surface area contributed by atoms with E-state index in [4.69, 9.17) is 4.74 Å². The van der Waals surface area contributed by atoms with E-state index in [1.54, 1.807) is 31.4 Å². The molecular weight excluding hydrogens is 488 g/mol. The number of hydrogen-bond donors (Lipinski definition) is 1. The van der Waals surface area contributed by atoms with E-state index in [0.717, 1.165) is 22.4 Å². The van der Waals surface area contributed by atoms with Crippen LogP contribution in [0.1, 0.15) is 49.2 Å². The predicted octanol–water partition coefficient (Wildman–Crippen LogP) is 5.67. The standard InChI is InChI=1S/C33H32N2O4/c1-19-17-26-33(23-14-7-8-15-24(23)34-31(33)38)27(29(36)20-11-10-12-21(18-20)39-5)28(30(37)32(2,3)4)35(26)25-16-9-6-13-22(19)25/h6-18,26-28H,1-5H3,(H,34,38)/t26-,27+,28+,33-/m1/s1. The van der Waals surface area contributed by atoms with Crippen LogP contribution in [-0.4, -0.2) is 36.7 Å². The Labute approximate surface area is 228 Å². The van der Waals surface area contributed by atoms with Crippen LogP contribution in [0, 0.1) is 11.3 Å². The van der Waals surface area contributed by atoms with Crippen molar-refractivity contribution in [2.75, 3.05) is 17.3 Å². The van der Waals surface area contributed by atoms with Gasteiger partial charge in [0.15, 0.2) is 11.6 Å². The van der Waals surface area contributed by atoms with Crippen molar-refractivity contribution in [3.63, 3.8) is 0 Å². The molecule has 0 unspecified atom stereocenters. The first-order valence-electron chi connectivity index (χ1n) is 13.3. The fourth-order valence-electron chi connectivity index (χ4n) is 6.79. The van der Waals surface area contributed by atoms with Gasteiger partial charge < -0.3 is 15.0 Å². The Morgan fingerprint density at radius 2 is 1.69 bits per heavy atom. The first-order valence-corrected chi connectivity index (χ1v) is 13.3. The summed E-state index contributed by atoms with van der Waals surface area (Å²) in [6.45, 7) is 7.66. The SMILES string of the molecule is COc1cccc(C(=O)[C@@H]2[C@@H](C(=O)C(C)(C)C)N3c4ccccc4C(C)=C[C@@H]3[C@@]23C(=O)Nc2ccccc23)c1. The Morgan fingerprint density at radius 3 is 2.44 bits per heavy atom. The molecule has 3 aliphatic rings. The molecule has 1 fully saturated rings. The molecule has 3 aromatic rings. The highest BCUT2D eigenvalue weighted by atomic mass is 16.5. The van der Waals surface area contributed by atoms with Gasteiger partial charge in [0.2, 0.25) is 5.91 Å². The van der Waals surface area contributed by atoms with Crippen LogP contribution in [-0.2, 0) is 15.0 Å². The van der Waals surface area contributed by atoms with Gasteiger partial charge in [-0.05, 0) is 42.3 Å². The number of Topliss-reactive ketones (excluding diaryl/α,β-unsaturated/α-hetero) is 2. The van der Waals surface area contributed by atoms with E-state index in [9.17, 15) is 14.4 Å². The minimum atomic E-state index is -1.31. The number of nitrogens with one attached hydrogen (secondary N) is 1. The molecule has 6 nitrogen and oxygen atoms in total. The lowest BCUT2D eigenvalue weighted by Crippen LogP contribution is -2.51. The molecule has 1 N–H and O–H groups in total. The summed E-state index contributed by atoms with van der Waals surface area (Å²) in [5, 5.41) is 3.08. The van der Waals surface area contributed by atoms with Crippen molar-refractivity contribution in [3.05, 3.63) is 95.6 Å². The summed E-state index contributed by atoms with van der Waals surface area (Å²) < 4.78 is 5.43. The maximum absolute atomic E-state index is 14.8. The molecule has 1 spiro atoms. The normalized spacial score (nSPS) is 24.9. The summed E-state index contributed by atoms with van der Waals surface area (Å²) in [7, 11) is 1.55. The highest BCUT2D eigenvalue weighted by Gasteiger charge is 2.71. The Hall–Kier alpha value is -4.19. The van der Waals surface area contributed by atoms with Crippen molar-refractivity contribution >= 4 is 34.4 Å². The first-order chi connectivity index (χ1) is 18.6. The molecule has 6 rings (SSSR count). The third-order valence-corrected chi connectivity index (χ3v) is 8.53. The number of methoxy groups -OCH3 is 1. The largest absolute Gasteiger partial charge is 0.497 e. The summed E-state index contributed by atoms with van der Waals surface area (Å²) >= 11 is 0. The Balaban J connectivity index is 1.70. The highest BCUT2D eigenvalue weighted by Crippen LogP contribution is 2.59. The molecule has 198 valence electrons. The van der Waals surface area contributed by atoms with Crippen LogP contribution in [0.2, 0.25) is 0 Å². The van der Waals surface area contributed by atoms with Gasteiger partial charge in [-0.2, -0.15) is 0 Å². The molecule has 6 heteroatoms. The lowest BCUT2D eigenvalue weighted by atomic mass is 9.63. The van der Waals surface area contributed by atoms with Crippen molar-refractivity contribution in [3.8, 4) is 5.75 Å². The van der Waals surface area contributed by atoms with E-state index in [1.165, 1.54) is 0 Å². The van der Waals surface area contributed by atoms with Crippen LogP contribution in [0.25, 0.3) is 5.57 Å². The topological polar surface area (TPSA) is 75.7 Å². The molecule has 3 aliphatic heterocycles. The van der Waals surface area contributed by atoms with Crippen molar-refractivity contribution in [1.29, 1.82) is 0 Å². The number of carbonyl (C=O) groups excluding carboxylic acids is 3. The number of amides is 1. The molecular formula is C33H32N2O4. The fourth-order valence-corrected chi connectivity index (χ4v) is 6.79. The number of carbonyl (C=O) groups is 3. The molecule has 0 bridgehead atoms. The monoisotopic (exact) mass is 520 g/mol. The fraction of sp³-hybridized carbons (Fsp3) is 0.303. The number of allylic oxidation sites excluding steroid dienone is 1. The third-order valence-electron chi connectivity index (χ3n) is 8.53. The van der Waals surface area contributed by atoms with Crippen molar-refractivity contribution in [2.45, 2.75) is 45.2 Å². The second-order valence-electron chi connectivity index (χ2n) is 11.7. The van der Waals surface area contributed by atoms with Crippen LogP contribution in [0.5, 0.6) is 5.75 Å². The van der Waals surface area contributed by atoms with Crippen LogP contribution in [0.15, 0.2) is 78.9 Å². The lowest BCUT2D eigenvalue weighted by molar-refractivity contribution is -0.128. The predicted molar refractivity (Wildman–Crippen MR) is 152 cm³/mol. The zero-order valence-electron chi connectivity index (χ0n) is 22.8. The molecule has 1 amide bonds. The van der Waals surface area contributed by atoms with E-state index in [-0.39, 0.29) is 17.5 Å². The molecule has 39 heavy (non-hydrogen) atoms. The maximum Gasteiger partial charge on any atom is 0.238 e. The van der Waals surface area contributed by atoms with Gasteiger partial charge in [-0.3, -0.25) is 14.4 Å². The Bertz CT molecular complexity index is 1570. The van der Waals surface area contributed by atoms with Gasteiger partial charge in [-0.25, -0.2) is 0 Å². The molecule has 3 aromatic carbocycles. The summed E-state index contributed by atoms with van der Waals surface area (Å²) in [6.07, 6.45) is 2.08. The average Bonchev–Trinajstić information content (AvgIpc) is 3.40. The smallest absolute Gasteiger partial charge is 0.238 e. The number of para-hydroxylation sites is 2. The molecule has 0 aromatic heterocycles. The molecule has 0 radical (unpaired) electrons. The van der Waals surface area contributed by atoms with E-state index in [2.05, 4.69) is 16.3 Å². The second-order valence-corrected chi connectivity index (χ2v) is 11.7. The number of fused-ring (bicyclic) bond motifs is 6. The zero-order valence-corrected chi connectivity index (χ0v) is 22.8. The average molecular weight is 521 g/mol. The first kappa shape index (κ1) is 25.1. The van der Waals surface area contributed by atoms with E-state index < -0.39 is 28.8 Å². The number of anilines is 2.